The third kappa shape index (κ3) is 3.89. The minimum Gasteiger partial charge on any atom is -0.462 e. The maximum atomic E-state index is 11.2. The summed E-state index contributed by atoms with van der Waals surface area (Å²) in [5, 5.41) is 0. The summed E-state index contributed by atoms with van der Waals surface area (Å²) in [6.07, 6.45) is -2.04. The monoisotopic (exact) mass is 290 g/mol. The summed E-state index contributed by atoms with van der Waals surface area (Å²) in [5.41, 5.74) is 0. The first kappa shape index (κ1) is 15.2. The van der Waals surface area contributed by atoms with Crippen LogP contribution in [0.25, 0.3) is 0 Å². The first-order chi connectivity index (χ1) is 9.58. The van der Waals surface area contributed by atoms with Crippen LogP contribution in [0.5, 0.6) is 0 Å². The Kier molecular flexibility index (Phi) is 5.30. The van der Waals surface area contributed by atoms with E-state index >= 15 is 0 Å². The fourth-order valence-electron chi connectivity index (χ4n) is 2.17. The quantitative estimate of drug-likeness (QED) is 0.646. The Bertz CT molecular complexity index is 355. The van der Waals surface area contributed by atoms with E-state index in [9.17, 15) is 9.59 Å². The van der Waals surface area contributed by atoms with E-state index in [0.29, 0.717) is 6.61 Å². The number of hydrogen-bond donors (Lipinski definition) is 0. The zero-order chi connectivity index (χ0) is 14.5. The average molecular weight is 290 g/mol. The van der Waals surface area contributed by atoms with Crippen molar-refractivity contribution in [3.63, 3.8) is 0 Å². The minimum atomic E-state index is -0.745. The molecule has 0 bridgehead atoms. The molecule has 0 aromatic rings. The Hall–Kier alpha value is -1.22. The molecule has 8 nitrogen and oxygen atoms in total. The van der Waals surface area contributed by atoms with E-state index in [1.54, 1.807) is 0 Å². The summed E-state index contributed by atoms with van der Waals surface area (Å²) in [6, 6.07) is 0. The smallest absolute Gasteiger partial charge is 0.303 e. The average Bonchev–Trinajstić information content (AvgIpc) is 2.42. The molecule has 0 N–H and O–H groups in total. The molecule has 0 aromatic carbocycles. The maximum Gasteiger partial charge on any atom is 0.303 e. The molecular formula is C12H18O8. The fraction of sp³-hybridized carbons (Fsp3) is 0.833. The van der Waals surface area contributed by atoms with Crippen LogP contribution in [0.2, 0.25) is 0 Å². The summed E-state index contributed by atoms with van der Waals surface area (Å²) in [5.74, 6) is -0.945. The summed E-state index contributed by atoms with van der Waals surface area (Å²) in [6.45, 7) is 3.00. The largest absolute Gasteiger partial charge is 0.462 e. The molecule has 4 atom stereocenters. The van der Waals surface area contributed by atoms with Crippen molar-refractivity contribution in [2.24, 2.45) is 0 Å². The molecule has 0 aliphatic carbocycles. The van der Waals surface area contributed by atoms with Gasteiger partial charge in [-0.15, -0.1) is 0 Å². The van der Waals surface area contributed by atoms with Crippen molar-refractivity contribution < 1.29 is 38.0 Å². The van der Waals surface area contributed by atoms with E-state index < -0.39 is 30.3 Å². The highest BCUT2D eigenvalue weighted by atomic mass is 16.8. The van der Waals surface area contributed by atoms with Gasteiger partial charge in [-0.1, -0.05) is 0 Å². The Balaban J connectivity index is 2.04. The van der Waals surface area contributed by atoms with Gasteiger partial charge in [-0.25, -0.2) is 0 Å². The fourth-order valence-corrected chi connectivity index (χ4v) is 2.17. The lowest BCUT2D eigenvalue weighted by atomic mass is 10.0. The standard InChI is InChI=1S/C12H18O8/c1-7(13)16-4-10(20-8(2)14)12-11-9(17-6-19-12)3-15-5-18-11/h9-12H,3-6H2,1-2H3/t9-,10+,11+,12-/m1/s1. The second-order valence-corrected chi connectivity index (χ2v) is 4.52. The number of carbonyl (C=O) groups excluding carboxylic acids is 2. The zero-order valence-corrected chi connectivity index (χ0v) is 11.4. The molecule has 2 rings (SSSR count). The molecule has 20 heavy (non-hydrogen) atoms. The topological polar surface area (TPSA) is 89.5 Å². The highest BCUT2D eigenvalue weighted by Gasteiger charge is 2.44. The van der Waals surface area contributed by atoms with Crippen molar-refractivity contribution in [3.8, 4) is 0 Å². The number of fused-ring (bicyclic) bond motifs is 1. The number of esters is 2. The second-order valence-electron chi connectivity index (χ2n) is 4.52. The third-order valence-electron chi connectivity index (χ3n) is 2.99. The van der Waals surface area contributed by atoms with Crippen molar-refractivity contribution in [3.05, 3.63) is 0 Å². The molecule has 0 saturated carbocycles. The van der Waals surface area contributed by atoms with Gasteiger partial charge in [-0.05, 0) is 0 Å². The number of carbonyl (C=O) groups is 2. The van der Waals surface area contributed by atoms with E-state index in [2.05, 4.69) is 0 Å². The molecular weight excluding hydrogens is 272 g/mol. The van der Waals surface area contributed by atoms with Crippen molar-refractivity contribution >= 4 is 11.9 Å². The first-order valence-corrected chi connectivity index (χ1v) is 6.31. The molecule has 2 heterocycles. The highest BCUT2D eigenvalue weighted by molar-refractivity contribution is 5.67. The van der Waals surface area contributed by atoms with E-state index in [-0.39, 0.29) is 26.3 Å². The van der Waals surface area contributed by atoms with Gasteiger partial charge in [0.2, 0.25) is 0 Å². The lowest BCUT2D eigenvalue weighted by Gasteiger charge is -2.42. The molecule has 8 heteroatoms. The first-order valence-electron chi connectivity index (χ1n) is 6.31. The van der Waals surface area contributed by atoms with Gasteiger partial charge in [0, 0.05) is 13.8 Å². The third-order valence-corrected chi connectivity index (χ3v) is 2.99. The minimum absolute atomic E-state index is 0.0381. The van der Waals surface area contributed by atoms with Crippen LogP contribution in [0.4, 0.5) is 0 Å². The lowest BCUT2D eigenvalue weighted by Crippen LogP contribution is -2.58. The van der Waals surface area contributed by atoms with Gasteiger partial charge in [0.25, 0.3) is 0 Å². The normalized spacial score (nSPS) is 31.0. The van der Waals surface area contributed by atoms with Gasteiger partial charge in [0.05, 0.1) is 6.61 Å². The van der Waals surface area contributed by atoms with Crippen molar-refractivity contribution in [2.75, 3.05) is 26.8 Å². The van der Waals surface area contributed by atoms with Crippen molar-refractivity contribution in [1.29, 1.82) is 0 Å². The summed E-state index contributed by atoms with van der Waals surface area (Å²) in [4.78, 5) is 22.1. The van der Waals surface area contributed by atoms with Crippen molar-refractivity contribution in [2.45, 2.75) is 38.3 Å². The van der Waals surface area contributed by atoms with Gasteiger partial charge < -0.3 is 28.4 Å². The van der Waals surface area contributed by atoms with Crippen molar-refractivity contribution in [1.82, 2.24) is 0 Å². The molecule has 0 aromatic heterocycles. The zero-order valence-electron chi connectivity index (χ0n) is 11.4. The molecule has 114 valence electrons. The van der Waals surface area contributed by atoms with Crippen LogP contribution in [-0.4, -0.2) is 63.2 Å². The summed E-state index contributed by atoms with van der Waals surface area (Å²) in [7, 11) is 0. The second kappa shape index (κ2) is 6.98. The molecule has 0 spiro atoms. The van der Waals surface area contributed by atoms with Gasteiger partial charge >= 0.3 is 11.9 Å². The predicted octanol–water partition coefficient (Wildman–Crippen LogP) is -0.404. The summed E-state index contributed by atoms with van der Waals surface area (Å²) >= 11 is 0. The number of rotatable bonds is 4. The van der Waals surface area contributed by atoms with E-state index in [1.165, 1.54) is 13.8 Å². The summed E-state index contributed by atoms with van der Waals surface area (Å²) < 4.78 is 31.5. The Morgan fingerprint density at radius 1 is 1.15 bits per heavy atom. The molecule has 2 aliphatic rings. The number of ether oxygens (including phenoxy) is 6. The van der Waals surface area contributed by atoms with Crippen LogP contribution in [0, 0.1) is 0 Å². The molecule has 0 unspecified atom stereocenters. The highest BCUT2D eigenvalue weighted by Crippen LogP contribution is 2.25. The molecule has 2 fully saturated rings. The lowest BCUT2D eigenvalue weighted by molar-refractivity contribution is -0.315. The number of hydrogen-bond acceptors (Lipinski definition) is 8. The Labute approximate surface area is 116 Å². The van der Waals surface area contributed by atoms with E-state index in [1.807, 2.05) is 0 Å². The van der Waals surface area contributed by atoms with Crippen LogP contribution in [-0.2, 0) is 38.0 Å². The van der Waals surface area contributed by atoms with E-state index in [0.717, 1.165) is 0 Å². The predicted molar refractivity (Wildman–Crippen MR) is 62.5 cm³/mol. The van der Waals surface area contributed by atoms with Crippen LogP contribution < -0.4 is 0 Å². The van der Waals surface area contributed by atoms with E-state index in [4.69, 9.17) is 28.4 Å². The van der Waals surface area contributed by atoms with Gasteiger partial charge in [-0.3, -0.25) is 9.59 Å². The van der Waals surface area contributed by atoms with Crippen LogP contribution in [0.15, 0.2) is 0 Å². The molecule has 2 saturated heterocycles. The SMILES string of the molecule is CC(=O)OC[C@H](OC(C)=O)[C@H]1OCO[C@@H]2COCO[C@H]12. The Morgan fingerprint density at radius 3 is 2.65 bits per heavy atom. The maximum absolute atomic E-state index is 11.2. The van der Waals surface area contributed by atoms with Crippen LogP contribution in [0.1, 0.15) is 13.8 Å². The molecule has 0 amide bonds. The molecule has 2 aliphatic heterocycles. The van der Waals surface area contributed by atoms with Gasteiger partial charge in [-0.2, -0.15) is 0 Å². The van der Waals surface area contributed by atoms with Gasteiger partial charge in [0.15, 0.2) is 6.10 Å². The van der Waals surface area contributed by atoms with Crippen LogP contribution >= 0.6 is 0 Å². The van der Waals surface area contributed by atoms with Gasteiger partial charge in [0.1, 0.15) is 38.5 Å². The molecule has 0 radical (unpaired) electrons. The van der Waals surface area contributed by atoms with Crippen LogP contribution in [0.3, 0.4) is 0 Å². The Morgan fingerprint density at radius 2 is 1.95 bits per heavy atom.